The van der Waals surface area contributed by atoms with Crippen molar-refractivity contribution in [3.8, 4) is 11.5 Å². The zero-order chi connectivity index (χ0) is 16.8. The van der Waals surface area contributed by atoms with Crippen molar-refractivity contribution in [2.24, 2.45) is 0 Å². The summed E-state index contributed by atoms with van der Waals surface area (Å²) >= 11 is 6.21. The Balaban J connectivity index is 1.66. The van der Waals surface area contributed by atoms with Gasteiger partial charge < -0.3 is 19.8 Å². The molecule has 6 heteroatoms. The van der Waals surface area contributed by atoms with Crippen molar-refractivity contribution in [1.29, 1.82) is 0 Å². The number of anilines is 1. The van der Waals surface area contributed by atoms with Gasteiger partial charge in [-0.05, 0) is 37.6 Å². The van der Waals surface area contributed by atoms with Gasteiger partial charge in [0, 0.05) is 34.3 Å². The lowest BCUT2D eigenvalue weighted by Gasteiger charge is -2.09. The summed E-state index contributed by atoms with van der Waals surface area (Å²) in [5, 5.41) is 4.27. The van der Waals surface area contributed by atoms with Crippen LogP contribution in [0.15, 0.2) is 30.3 Å². The van der Waals surface area contributed by atoms with Crippen LogP contribution in [0.2, 0.25) is 5.02 Å². The molecule has 2 N–H and O–H groups in total. The van der Waals surface area contributed by atoms with E-state index in [0.29, 0.717) is 27.8 Å². The van der Waals surface area contributed by atoms with E-state index in [1.807, 2.05) is 26.0 Å². The SMILES string of the molecule is Cc1[nH]c2ccc(C(=O)Nc3cc4c(cc3Cl)OCO4)cc2c1C. The molecule has 3 aromatic rings. The molecule has 1 aromatic heterocycles. The van der Waals surface area contributed by atoms with E-state index in [4.69, 9.17) is 21.1 Å². The highest BCUT2D eigenvalue weighted by molar-refractivity contribution is 6.34. The molecule has 0 saturated carbocycles. The zero-order valence-electron chi connectivity index (χ0n) is 13.2. The summed E-state index contributed by atoms with van der Waals surface area (Å²) in [6, 6.07) is 8.89. The third kappa shape index (κ3) is 2.37. The maximum Gasteiger partial charge on any atom is 0.255 e. The molecule has 0 saturated heterocycles. The number of hydrogen-bond acceptors (Lipinski definition) is 3. The number of hydrogen-bond donors (Lipinski definition) is 2. The molecule has 24 heavy (non-hydrogen) atoms. The van der Waals surface area contributed by atoms with Gasteiger partial charge in [0.25, 0.3) is 5.91 Å². The molecule has 0 spiro atoms. The number of nitrogens with one attached hydrogen (secondary N) is 2. The molecule has 0 aliphatic carbocycles. The molecular formula is C18H15ClN2O3. The molecule has 1 aliphatic rings. The highest BCUT2D eigenvalue weighted by atomic mass is 35.5. The second-order valence-corrected chi connectivity index (χ2v) is 6.18. The molecular weight excluding hydrogens is 328 g/mol. The van der Waals surface area contributed by atoms with Crippen LogP contribution >= 0.6 is 11.6 Å². The molecule has 0 unspecified atom stereocenters. The van der Waals surface area contributed by atoms with Crippen LogP contribution in [0.1, 0.15) is 21.6 Å². The summed E-state index contributed by atoms with van der Waals surface area (Å²) in [5.74, 6) is 0.927. The maximum atomic E-state index is 12.6. The third-order valence-electron chi connectivity index (χ3n) is 4.28. The highest BCUT2D eigenvalue weighted by Gasteiger charge is 2.18. The number of carbonyl (C=O) groups is 1. The third-order valence-corrected chi connectivity index (χ3v) is 4.59. The number of aryl methyl sites for hydroxylation is 2. The number of fused-ring (bicyclic) bond motifs is 2. The Morgan fingerprint density at radius 1 is 1.17 bits per heavy atom. The van der Waals surface area contributed by atoms with E-state index < -0.39 is 0 Å². The number of carbonyl (C=O) groups excluding carboxylic acids is 1. The first-order valence-electron chi connectivity index (χ1n) is 7.52. The van der Waals surface area contributed by atoms with E-state index in [-0.39, 0.29) is 12.7 Å². The van der Waals surface area contributed by atoms with Gasteiger partial charge >= 0.3 is 0 Å². The van der Waals surface area contributed by atoms with Crippen LogP contribution < -0.4 is 14.8 Å². The van der Waals surface area contributed by atoms with Crippen LogP contribution in [0.3, 0.4) is 0 Å². The second-order valence-electron chi connectivity index (χ2n) is 5.77. The summed E-state index contributed by atoms with van der Waals surface area (Å²) in [5.41, 5.74) is 4.32. The monoisotopic (exact) mass is 342 g/mol. The van der Waals surface area contributed by atoms with Crippen molar-refractivity contribution < 1.29 is 14.3 Å². The Hall–Kier alpha value is -2.66. The largest absolute Gasteiger partial charge is 0.454 e. The van der Waals surface area contributed by atoms with Crippen LogP contribution in [0, 0.1) is 13.8 Å². The van der Waals surface area contributed by atoms with Gasteiger partial charge in [0.2, 0.25) is 6.79 Å². The van der Waals surface area contributed by atoms with E-state index in [1.54, 1.807) is 18.2 Å². The first-order valence-corrected chi connectivity index (χ1v) is 7.90. The molecule has 0 radical (unpaired) electrons. The summed E-state index contributed by atoms with van der Waals surface area (Å²) in [6.45, 7) is 4.21. The summed E-state index contributed by atoms with van der Waals surface area (Å²) < 4.78 is 10.6. The van der Waals surface area contributed by atoms with E-state index >= 15 is 0 Å². The number of aromatic amines is 1. The van der Waals surface area contributed by atoms with Crippen LogP contribution in [0.5, 0.6) is 11.5 Å². The van der Waals surface area contributed by atoms with Crippen LogP contribution in [-0.4, -0.2) is 17.7 Å². The minimum absolute atomic E-state index is 0.159. The first kappa shape index (κ1) is 14.9. The van der Waals surface area contributed by atoms with Gasteiger partial charge in [0.05, 0.1) is 10.7 Å². The van der Waals surface area contributed by atoms with Crippen molar-refractivity contribution in [1.82, 2.24) is 4.98 Å². The van der Waals surface area contributed by atoms with Gasteiger partial charge in [0.1, 0.15) is 0 Å². The molecule has 0 fully saturated rings. The van der Waals surface area contributed by atoms with E-state index in [2.05, 4.69) is 10.3 Å². The standard InChI is InChI=1S/C18H15ClN2O3/c1-9-10(2)20-14-4-3-11(5-12(9)14)18(22)21-15-7-17-16(6-13(15)19)23-8-24-17/h3-7,20H,8H2,1-2H3,(H,21,22). The van der Waals surface area contributed by atoms with Crippen LogP contribution in [-0.2, 0) is 0 Å². The Labute approximate surface area is 143 Å². The Morgan fingerprint density at radius 2 is 1.92 bits per heavy atom. The van der Waals surface area contributed by atoms with Crippen LogP contribution in [0.4, 0.5) is 5.69 Å². The fraction of sp³-hybridized carbons (Fsp3) is 0.167. The van der Waals surface area contributed by atoms with Gasteiger partial charge in [0.15, 0.2) is 11.5 Å². The predicted molar refractivity (Wildman–Crippen MR) is 93.3 cm³/mol. The Bertz CT molecular complexity index is 978. The molecule has 4 rings (SSSR count). The summed E-state index contributed by atoms with van der Waals surface area (Å²) in [4.78, 5) is 15.9. The number of benzene rings is 2. The fourth-order valence-electron chi connectivity index (χ4n) is 2.81. The summed E-state index contributed by atoms with van der Waals surface area (Å²) in [7, 11) is 0. The molecule has 2 heterocycles. The number of aromatic nitrogens is 1. The lowest BCUT2D eigenvalue weighted by Crippen LogP contribution is -2.12. The van der Waals surface area contributed by atoms with E-state index in [0.717, 1.165) is 22.2 Å². The zero-order valence-corrected chi connectivity index (χ0v) is 14.0. The number of rotatable bonds is 2. The predicted octanol–water partition coefficient (Wildman–Crippen LogP) is 4.42. The average molecular weight is 343 g/mol. The molecule has 122 valence electrons. The molecule has 0 bridgehead atoms. The molecule has 1 aliphatic heterocycles. The van der Waals surface area contributed by atoms with Crippen molar-refractivity contribution in [3.05, 3.63) is 52.2 Å². The van der Waals surface area contributed by atoms with Crippen molar-refractivity contribution in [2.45, 2.75) is 13.8 Å². The van der Waals surface area contributed by atoms with Gasteiger partial charge in [-0.15, -0.1) is 0 Å². The van der Waals surface area contributed by atoms with E-state index in [1.165, 1.54) is 0 Å². The second kappa shape index (κ2) is 5.46. The molecule has 5 nitrogen and oxygen atoms in total. The summed E-state index contributed by atoms with van der Waals surface area (Å²) in [6.07, 6.45) is 0. The minimum Gasteiger partial charge on any atom is -0.454 e. The van der Waals surface area contributed by atoms with Crippen molar-refractivity contribution in [2.75, 3.05) is 12.1 Å². The normalized spacial score (nSPS) is 12.6. The first-order chi connectivity index (χ1) is 11.5. The number of H-pyrrole nitrogens is 1. The smallest absolute Gasteiger partial charge is 0.255 e. The molecule has 0 atom stereocenters. The Kier molecular flexibility index (Phi) is 3.39. The average Bonchev–Trinajstić information content (AvgIpc) is 3.12. The number of halogens is 1. The number of ether oxygens (including phenoxy) is 2. The quantitative estimate of drug-likeness (QED) is 0.724. The van der Waals surface area contributed by atoms with Gasteiger partial charge in [-0.2, -0.15) is 0 Å². The minimum atomic E-state index is -0.226. The lowest BCUT2D eigenvalue weighted by molar-refractivity contribution is 0.102. The van der Waals surface area contributed by atoms with Crippen molar-refractivity contribution >= 4 is 34.1 Å². The van der Waals surface area contributed by atoms with Gasteiger partial charge in [-0.3, -0.25) is 4.79 Å². The Morgan fingerprint density at radius 3 is 2.71 bits per heavy atom. The molecule has 2 aromatic carbocycles. The van der Waals surface area contributed by atoms with Gasteiger partial charge in [-0.1, -0.05) is 11.6 Å². The topological polar surface area (TPSA) is 63.4 Å². The maximum absolute atomic E-state index is 12.6. The van der Waals surface area contributed by atoms with Crippen molar-refractivity contribution in [3.63, 3.8) is 0 Å². The van der Waals surface area contributed by atoms with Crippen LogP contribution in [0.25, 0.3) is 10.9 Å². The number of amides is 1. The lowest BCUT2D eigenvalue weighted by atomic mass is 10.1. The fourth-order valence-corrected chi connectivity index (χ4v) is 3.01. The van der Waals surface area contributed by atoms with Gasteiger partial charge in [-0.25, -0.2) is 0 Å². The molecule has 1 amide bonds. The van der Waals surface area contributed by atoms with E-state index in [9.17, 15) is 4.79 Å². The highest BCUT2D eigenvalue weighted by Crippen LogP contribution is 2.39.